The molecule has 0 bridgehead atoms. The summed E-state index contributed by atoms with van der Waals surface area (Å²) in [4.78, 5) is 0. The minimum atomic E-state index is 0.136. The van der Waals surface area contributed by atoms with Gasteiger partial charge in [0.25, 0.3) is 0 Å². The first-order valence-electron chi connectivity index (χ1n) is 5.96. The maximum Gasteiger partial charge on any atom is 0.119 e. The molecule has 3 heteroatoms. The van der Waals surface area contributed by atoms with E-state index in [1.54, 1.807) is 31.2 Å². The molecule has 0 saturated heterocycles. The number of allylic oxidation sites excluding steroid dienone is 1. The molecule has 98 valence electrons. The van der Waals surface area contributed by atoms with Gasteiger partial charge in [-0.05, 0) is 47.9 Å². The van der Waals surface area contributed by atoms with Crippen LogP contribution in [-0.2, 0) is 6.42 Å². The number of benzene rings is 2. The summed E-state index contributed by atoms with van der Waals surface area (Å²) >= 11 is 0. The van der Waals surface area contributed by atoms with Crippen LogP contribution < -0.4 is 0 Å². The average Bonchev–Trinajstić information content (AvgIpc) is 2.36. The minimum absolute atomic E-state index is 0.136. The van der Waals surface area contributed by atoms with E-state index in [4.69, 9.17) is 0 Å². The summed E-state index contributed by atoms with van der Waals surface area (Å²) in [6.45, 7) is 5.68. The van der Waals surface area contributed by atoms with Crippen molar-refractivity contribution in [3.05, 3.63) is 59.7 Å². The number of phenols is 3. The molecule has 3 nitrogen and oxygen atoms in total. The summed E-state index contributed by atoms with van der Waals surface area (Å²) in [5.74, 6) is 0.461. The van der Waals surface area contributed by atoms with Crippen LogP contribution in [-0.4, -0.2) is 15.3 Å². The lowest BCUT2D eigenvalue weighted by atomic mass is 9.98. The monoisotopic (exact) mass is 256 g/mol. The van der Waals surface area contributed by atoms with Crippen LogP contribution in [0.3, 0.4) is 0 Å². The maximum absolute atomic E-state index is 9.86. The standard InChI is InChI=1S/C16H16O3/c1-10(12-4-3-5-14(17)8-12)6-13-9-15(18)11(2)7-16(13)19/h3-5,7-9,17-19H,1,6H2,2H3. The highest BCUT2D eigenvalue weighted by molar-refractivity contribution is 5.68. The van der Waals surface area contributed by atoms with Gasteiger partial charge < -0.3 is 15.3 Å². The molecule has 0 aliphatic heterocycles. The van der Waals surface area contributed by atoms with Crippen molar-refractivity contribution < 1.29 is 15.3 Å². The molecule has 2 aromatic carbocycles. The highest BCUT2D eigenvalue weighted by atomic mass is 16.3. The van der Waals surface area contributed by atoms with E-state index in [1.807, 2.05) is 6.07 Å². The normalized spacial score (nSPS) is 10.4. The Hall–Kier alpha value is -2.42. The summed E-state index contributed by atoms with van der Waals surface area (Å²) in [5.41, 5.74) is 2.80. The molecule has 19 heavy (non-hydrogen) atoms. The molecule has 0 saturated carbocycles. The molecule has 0 spiro atoms. The first-order valence-corrected chi connectivity index (χ1v) is 5.96. The fourth-order valence-corrected chi connectivity index (χ4v) is 1.92. The minimum Gasteiger partial charge on any atom is -0.508 e. The van der Waals surface area contributed by atoms with Gasteiger partial charge in [0.05, 0.1) is 0 Å². The number of phenolic OH excluding ortho intramolecular Hbond substituents is 3. The van der Waals surface area contributed by atoms with Crippen molar-refractivity contribution in [3.63, 3.8) is 0 Å². The number of rotatable bonds is 3. The Labute approximate surface area is 112 Å². The Morgan fingerprint density at radius 2 is 1.79 bits per heavy atom. The van der Waals surface area contributed by atoms with Crippen LogP contribution in [0.5, 0.6) is 17.2 Å². The second-order valence-electron chi connectivity index (χ2n) is 4.60. The van der Waals surface area contributed by atoms with E-state index >= 15 is 0 Å². The zero-order valence-corrected chi connectivity index (χ0v) is 10.7. The smallest absolute Gasteiger partial charge is 0.119 e. The van der Waals surface area contributed by atoms with Gasteiger partial charge in [-0.25, -0.2) is 0 Å². The molecule has 0 unspecified atom stereocenters. The number of aryl methyl sites for hydroxylation is 1. The Balaban J connectivity index is 2.27. The van der Waals surface area contributed by atoms with E-state index in [0.29, 0.717) is 17.5 Å². The third kappa shape index (κ3) is 2.88. The largest absolute Gasteiger partial charge is 0.508 e. The summed E-state index contributed by atoms with van der Waals surface area (Å²) in [5, 5.41) is 29.0. The van der Waals surface area contributed by atoms with Crippen LogP contribution in [0.2, 0.25) is 0 Å². The molecule has 2 aromatic rings. The summed E-state index contributed by atoms with van der Waals surface area (Å²) in [7, 11) is 0. The number of hydrogen-bond donors (Lipinski definition) is 3. The van der Waals surface area contributed by atoms with Crippen LogP contribution in [0, 0.1) is 6.92 Å². The quantitative estimate of drug-likeness (QED) is 0.738. The van der Waals surface area contributed by atoms with Crippen LogP contribution in [0.4, 0.5) is 0 Å². The van der Waals surface area contributed by atoms with Crippen LogP contribution in [0.1, 0.15) is 16.7 Å². The SMILES string of the molecule is C=C(Cc1cc(O)c(C)cc1O)c1cccc(O)c1. The van der Waals surface area contributed by atoms with E-state index in [9.17, 15) is 15.3 Å². The lowest BCUT2D eigenvalue weighted by molar-refractivity contribution is 0.452. The van der Waals surface area contributed by atoms with Gasteiger partial charge in [-0.1, -0.05) is 18.7 Å². The molecule has 0 radical (unpaired) electrons. The Morgan fingerprint density at radius 3 is 2.47 bits per heavy atom. The van der Waals surface area contributed by atoms with E-state index in [2.05, 4.69) is 6.58 Å². The van der Waals surface area contributed by atoms with E-state index in [1.165, 1.54) is 6.07 Å². The molecular formula is C16H16O3. The zero-order valence-electron chi connectivity index (χ0n) is 10.7. The first-order chi connectivity index (χ1) is 8.97. The predicted molar refractivity (Wildman–Crippen MR) is 75.4 cm³/mol. The highest BCUT2D eigenvalue weighted by Crippen LogP contribution is 2.30. The highest BCUT2D eigenvalue weighted by Gasteiger charge is 2.09. The number of hydrogen-bond acceptors (Lipinski definition) is 3. The van der Waals surface area contributed by atoms with Crippen molar-refractivity contribution in [1.29, 1.82) is 0 Å². The fraction of sp³-hybridized carbons (Fsp3) is 0.125. The van der Waals surface area contributed by atoms with Gasteiger partial charge in [-0.3, -0.25) is 0 Å². The lowest BCUT2D eigenvalue weighted by Gasteiger charge is -2.10. The van der Waals surface area contributed by atoms with Gasteiger partial charge in [0.2, 0.25) is 0 Å². The van der Waals surface area contributed by atoms with Crippen LogP contribution in [0.15, 0.2) is 43.0 Å². The third-order valence-electron chi connectivity index (χ3n) is 3.06. The Morgan fingerprint density at radius 1 is 1.05 bits per heavy atom. The topological polar surface area (TPSA) is 60.7 Å². The van der Waals surface area contributed by atoms with Crippen molar-refractivity contribution in [1.82, 2.24) is 0 Å². The molecule has 0 amide bonds. The second-order valence-corrected chi connectivity index (χ2v) is 4.60. The van der Waals surface area contributed by atoms with Crippen molar-refractivity contribution in [3.8, 4) is 17.2 Å². The van der Waals surface area contributed by atoms with Crippen LogP contribution in [0.25, 0.3) is 5.57 Å². The second kappa shape index (κ2) is 5.06. The molecule has 0 atom stereocenters. The van der Waals surface area contributed by atoms with Gasteiger partial charge >= 0.3 is 0 Å². The van der Waals surface area contributed by atoms with Gasteiger partial charge in [0.1, 0.15) is 17.2 Å². The molecule has 0 aliphatic carbocycles. The van der Waals surface area contributed by atoms with E-state index < -0.39 is 0 Å². The lowest BCUT2D eigenvalue weighted by Crippen LogP contribution is -1.91. The number of aromatic hydroxyl groups is 3. The summed E-state index contributed by atoms with van der Waals surface area (Å²) in [6, 6.07) is 9.86. The van der Waals surface area contributed by atoms with E-state index in [-0.39, 0.29) is 17.2 Å². The van der Waals surface area contributed by atoms with Crippen molar-refractivity contribution in [2.75, 3.05) is 0 Å². The maximum atomic E-state index is 9.86. The molecular weight excluding hydrogens is 240 g/mol. The molecule has 2 rings (SSSR count). The average molecular weight is 256 g/mol. The Bertz CT molecular complexity index is 630. The molecule has 3 N–H and O–H groups in total. The van der Waals surface area contributed by atoms with Gasteiger partial charge in [-0.15, -0.1) is 0 Å². The molecule has 0 heterocycles. The fourth-order valence-electron chi connectivity index (χ4n) is 1.92. The van der Waals surface area contributed by atoms with Crippen LogP contribution >= 0.6 is 0 Å². The van der Waals surface area contributed by atoms with Gasteiger partial charge in [-0.2, -0.15) is 0 Å². The third-order valence-corrected chi connectivity index (χ3v) is 3.06. The van der Waals surface area contributed by atoms with Gasteiger partial charge in [0.15, 0.2) is 0 Å². The first kappa shape index (κ1) is 13.0. The molecule has 0 fully saturated rings. The summed E-state index contributed by atoms with van der Waals surface area (Å²) in [6.07, 6.45) is 0.406. The van der Waals surface area contributed by atoms with Crippen molar-refractivity contribution >= 4 is 5.57 Å². The van der Waals surface area contributed by atoms with Crippen molar-refractivity contribution in [2.24, 2.45) is 0 Å². The Kier molecular flexibility index (Phi) is 3.47. The molecule has 0 aliphatic rings. The van der Waals surface area contributed by atoms with E-state index in [0.717, 1.165) is 11.1 Å². The van der Waals surface area contributed by atoms with Gasteiger partial charge in [0, 0.05) is 12.0 Å². The zero-order chi connectivity index (χ0) is 14.0. The predicted octanol–water partition coefficient (Wildman–Crippen LogP) is 3.37. The van der Waals surface area contributed by atoms with Crippen molar-refractivity contribution in [2.45, 2.75) is 13.3 Å². The summed E-state index contributed by atoms with van der Waals surface area (Å²) < 4.78 is 0. The molecule has 0 aromatic heterocycles.